The molecule has 0 saturated carbocycles. The molecule has 1 N–H and O–H groups in total. The summed E-state index contributed by atoms with van der Waals surface area (Å²) in [6.07, 6.45) is -0.251. The van der Waals surface area contributed by atoms with Crippen LogP contribution in [0.3, 0.4) is 0 Å². The van der Waals surface area contributed by atoms with Gasteiger partial charge < -0.3 is 9.53 Å². The molecular formula is C45H51NO5S2Si. The average molecular weight is 778 g/mol. The van der Waals surface area contributed by atoms with Gasteiger partial charge in [-0.3, -0.25) is 4.79 Å². The van der Waals surface area contributed by atoms with Crippen molar-refractivity contribution in [1.29, 1.82) is 0 Å². The summed E-state index contributed by atoms with van der Waals surface area (Å²) in [6.45, 7) is 14.3. The summed E-state index contributed by atoms with van der Waals surface area (Å²) in [5.41, 5.74) is 0.459. The van der Waals surface area contributed by atoms with Crippen LogP contribution >= 0.6 is 11.8 Å². The number of carbonyl (C=O) groups excluding carboxylic acids is 1. The first-order valence-corrected chi connectivity index (χ1v) is 22.7. The maximum atomic E-state index is 15.5. The van der Waals surface area contributed by atoms with Gasteiger partial charge in [-0.15, -0.1) is 0 Å². The second-order valence-electron chi connectivity index (χ2n) is 14.9. The van der Waals surface area contributed by atoms with Gasteiger partial charge in [0.1, 0.15) is 5.60 Å². The molecule has 0 fully saturated rings. The maximum absolute atomic E-state index is 15.5. The van der Waals surface area contributed by atoms with Crippen molar-refractivity contribution in [2.75, 3.05) is 6.26 Å². The van der Waals surface area contributed by atoms with Gasteiger partial charge in [0.25, 0.3) is 8.32 Å². The summed E-state index contributed by atoms with van der Waals surface area (Å²) in [6, 6.07) is 47.3. The van der Waals surface area contributed by atoms with Gasteiger partial charge in [-0.1, -0.05) is 191 Å². The van der Waals surface area contributed by atoms with Crippen LogP contribution in [0.4, 0.5) is 0 Å². The standard InChI is InChI=1S/C45H51NO5S2Si/c1-34(2)45(48,38-27-17-10-18-28-38)42(51-54(44(4,5)6,39-29-19-11-20-30-39)40-31-21-12-22-32-40)43(47)52-41(37-25-15-9-16-26-37)35(3)46(53(7,49)50)33-36-23-13-8-14-24-36/h8-32,35,41-42,48H,1,33H2,2-7H3/t35-,41-,42-,45+/m1/s1. The van der Waals surface area contributed by atoms with E-state index in [0.717, 1.165) is 33.3 Å². The van der Waals surface area contributed by atoms with Crippen LogP contribution in [-0.2, 0) is 31.4 Å². The molecular weight excluding hydrogens is 727 g/mol. The molecule has 0 unspecified atom stereocenters. The van der Waals surface area contributed by atoms with Crippen LogP contribution in [0.25, 0.3) is 0 Å². The van der Waals surface area contributed by atoms with E-state index < -0.39 is 51.5 Å². The highest BCUT2D eigenvalue weighted by Crippen LogP contribution is 2.46. The molecule has 0 saturated heterocycles. The van der Waals surface area contributed by atoms with Crippen molar-refractivity contribution in [3.63, 3.8) is 0 Å². The highest BCUT2D eigenvalue weighted by molar-refractivity contribution is 8.14. The van der Waals surface area contributed by atoms with Gasteiger partial charge in [0.05, 0.1) is 11.5 Å². The first kappa shape index (κ1) is 41.1. The lowest BCUT2D eigenvalue weighted by Gasteiger charge is -2.48. The molecule has 9 heteroatoms. The van der Waals surface area contributed by atoms with Crippen LogP contribution < -0.4 is 10.4 Å². The molecule has 54 heavy (non-hydrogen) atoms. The fraction of sp³-hybridized carbons (Fsp3) is 0.267. The fourth-order valence-electron chi connectivity index (χ4n) is 7.24. The Morgan fingerprint density at radius 3 is 1.63 bits per heavy atom. The first-order chi connectivity index (χ1) is 25.6. The van der Waals surface area contributed by atoms with E-state index in [-0.39, 0.29) is 6.54 Å². The molecule has 6 nitrogen and oxygen atoms in total. The van der Waals surface area contributed by atoms with E-state index in [9.17, 15) is 13.5 Å². The molecule has 0 aromatic heterocycles. The third kappa shape index (κ3) is 8.73. The first-order valence-electron chi connectivity index (χ1n) is 18.1. The predicted octanol–water partition coefficient (Wildman–Crippen LogP) is 8.25. The number of thioether (sulfide) groups is 1. The molecule has 0 aliphatic heterocycles. The fourth-order valence-corrected chi connectivity index (χ4v) is 14.4. The molecule has 5 aromatic carbocycles. The van der Waals surface area contributed by atoms with E-state index in [4.69, 9.17) is 4.43 Å². The zero-order chi connectivity index (χ0) is 39.1. The van der Waals surface area contributed by atoms with Gasteiger partial charge in [0.2, 0.25) is 15.1 Å². The number of benzene rings is 5. The van der Waals surface area contributed by atoms with Gasteiger partial charge in [-0.05, 0) is 51.5 Å². The SMILES string of the molecule is C=C(C)[C@](O)(c1ccccc1)[C@H](O[Si](c1ccccc1)(c1ccccc1)C(C)(C)C)C(=O)S[C@@H](c1ccccc1)[C@@H](C)N(Cc1ccccc1)S(C)(=O)=O. The third-order valence-corrected chi connectivity index (χ3v) is 17.7. The second kappa shape index (κ2) is 17.1. The van der Waals surface area contributed by atoms with E-state index in [1.54, 1.807) is 19.1 Å². The number of nitrogens with zero attached hydrogens (tertiary/aromatic N) is 1. The lowest BCUT2D eigenvalue weighted by Crippen LogP contribution is -2.70. The lowest BCUT2D eigenvalue weighted by molar-refractivity contribution is -0.129. The van der Waals surface area contributed by atoms with E-state index in [1.165, 1.54) is 10.6 Å². The molecule has 0 heterocycles. The topological polar surface area (TPSA) is 83.9 Å². The smallest absolute Gasteiger partial charge is 0.262 e. The Morgan fingerprint density at radius 1 is 0.778 bits per heavy atom. The molecule has 4 atom stereocenters. The number of carbonyl (C=O) groups is 1. The normalized spacial score (nSPS) is 15.2. The molecule has 0 bridgehead atoms. The molecule has 5 rings (SSSR count). The Balaban J connectivity index is 1.73. The zero-order valence-corrected chi connectivity index (χ0v) is 34.6. The quantitative estimate of drug-likeness (QED) is 0.0852. The van der Waals surface area contributed by atoms with Gasteiger partial charge >= 0.3 is 0 Å². The Kier molecular flexibility index (Phi) is 13.0. The molecule has 0 radical (unpaired) electrons. The maximum Gasteiger partial charge on any atom is 0.262 e. The van der Waals surface area contributed by atoms with Crippen LogP contribution in [0.5, 0.6) is 0 Å². The van der Waals surface area contributed by atoms with Crippen LogP contribution in [0.2, 0.25) is 5.04 Å². The van der Waals surface area contributed by atoms with E-state index >= 15 is 4.79 Å². The highest BCUT2D eigenvalue weighted by Gasteiger charge is 2.57. The van der Waals surface area contributed by atoms with Crippen molar-refractivity contribution < 1.29 is 22.7 Å². The van der Waals surface area contributed by atoms with Gasteiger partial charge in [-0.25, -0.2) is 8.42 Å². The monoisotopic (exact) mass is 777 g/mol. The molecule has 0 aliphatic rings. The van der Waals surface area contributed by atoms with Crippen molar-refractivity contribution in [3.8, 4) is 0 Å². The van der Waals surface area contributed by atoms with Crippen molar-refractivity contribution in [2.45, 2.75) is 69.2 Å². The summed E-state index contributed by atoms with van der Waals surface area (Å²) in [5, 5.41) is 13.4. The van der Waals surface area contributed by atoms with Gasteiger partial charge in [0.15, 0.2) is 6.10 Å². The summed E-state index contributed by atoms with van der Waals surface area (Å²) in [7, 11) is -7.22. The van der Waals surface area contributed by atoms with Gasteiger partial charge in [-0.2, -0.15) is 4.31 Å². The number of rotatable bonds is 15. The third-order valence-electron chi connectivity index (χ3n) is 10.0. The minimum atomic E-state index is -3.76. The Hall–Kier alpha value is -4.09. The van der Waals surface area contributed by atoms with Crippen LogP contribution in [0, 0.1) is 0 Å². The Bertz CT molecular complexity index is 2060. The van der Waals surface area contributed by atoms with E-state index in [1.807, 2.05) is 146 Å². The van der Waals surface area contributed by atoms with Crippen molar-refractivity contribution in [2.24, 2.45) is 0 Å². The van der Waals surface area contributed by atoms with Crippen molar-refractivity contribution >= 4 is 45.6 Å². The summed E-state index contributed by atoms with van der Waals surface area (Å²) in [5.74, 6) is 0. The highest BCUT2D eigenvalue weighted by atomic mass is 32.2. The van der Waals surface area contributed by atoms with Crippen LogP contribution in [-0.4, -0.2) is 49.7 Å². The molecule has 0 aliphatic carbocycles. The molecule has 282 valence electrons. The number of hydrogen-bond donors (Lipinski definition) is 1. The summed E-state index contributed by atoms with van der Waals surface area (Å²) < 4.78 is 36.1. The number of sulfonamides is 1. The lowest BCUT2D eigenvalue weighted by atomic mass is 9.83. The number of aliphatic hydroxyl groups is 1. The molecule has 0 amide bonds. The van der Waals surface area contributed by atoms with Gasteiger partial charge in [0, 0.05) is 12.6 Å². The van der Waals surface area contributed by atoms with E-state index in [0.29, 0.717) is 11.1 Å². The Morgan fingerprint density at radius 2 is 1.20 bits per heavy atom. The summed E-state index contributed by atoms with van der Waals surface area (Å²) in [4.78, 5) is 15.5. The van der Waals surface area contributed by atoms with Crippen LogP contribution in [0.1, 0.15) is 56.6 Å². The average Bonchev–Trinajstić information content (AvgIpc) is 3.16. The molecule has 0 spiro atoms. The molecule has 5 aromatic rings. The predicted molar refractivity (Wildman–Crippen MR) is 226 cm³/mol. The van der Waals surface area contributed by atoms with Crippen molar-refractivity contribution in [3.05, 3.63) is 181 Å². The van der Waals surface area contributed by atoms with E-state index in [2.05, 4.69) is 27.4 Å². The largest absolute Gasteiger partial charge is 0.393 e. The van der Waals surface area contributed by atoms with Crippen molar-refractivity contribution in [1.82, 2.24) is 4.31 Å². The second-order valence-corrected chi connectivity index (χ2v) is 22.2. The minimum Gasteiger partial charge on any atom is -0.393 e. The van der Waals surface area contributed by atoms with Crippen LogP contribution in [0.15, 0.2) is 164 Å². The Labute approximate surface area is 327 Å². The summed E-state index contributed by atoms with van der Waals surface area (Å²) >= 11 is 1.00. The number of hydrogen-bond acceptors (Lipinski definition) is 6. The minimum absolute atomic E-state index is 0.126. The zero-order valence-electron chi connectivity index (χ0n) is 31.9.